The van der Waals surface area contributed by atoms with E-state index in [4.69, 9.17) is 21.6 Å². The van der Waals surface area contributed by atoms with Gasteiger partial charge in [-0.3, -0.25) is 4.79 Å². The molecule has 2 atom stereocenters. The number of halogens is 1. The van der Waals surface area contributed by atoms with Gasteiger partial charge in [-0.1, -0.05) is 23.7 Å². The van der Waals surface area contributed by atoms with Crippen LogP contribution in [0.2, 0.25) is 5.02 Å². The number of pyridine rings is 1. The molecule has 1 aromatic carbocycles. The maximum Gasteiger partial charge on any atom is 0.229 e. The molecule has 0 aliphatic heterocycles. The highest BCUT2D eigenvalue weighted by molar-refractivity contribution is 6.30. The van der Waals surface area contributed by atoms with E-state index < -0.39 is 5.41 Å². The number of nitrogens with zero attached hydrogens (tertiary/aromatic N) is 4. The van der Waals surface area contributed by atoms with Crippen molar-refractivity contribution in [3.63, 3.8) is 0 Å². The molecule has 1 aliphatic carbocycles. The molecule has 1 saturated carbocycles. The highest BCUT2D eigenvalue weighted by Crippen LogP contribution is 2.55. The highest BCUT2D eigenvalue weighted by Gasteiger charge is 2.60. The van der Waals surface area contributed by atoms with Crippen LogP contribution in [-0.4, -0.2) is 27.5 Å². The number of anilines is 1. The van der Waals surface area contributed by atoms with Gasteiger partial charge < -0.3 is 10.1 Å². The van der Waals surface area contributed by atoms with Gasteiger partial charge in [0, 0.05) is 16.6 Å². The van der Waals surface area contributed by atoms with Gasteiger partial charge >= 0.3 is 0 Å². The summed E-state index contributed by atoms with van der Waals surface area (Å²) in [6.45, 7) is 4.00. The summed E-state index contributed by atoms with van der Waals surface area (Å²) in [5.41, 5.74) is 1.68. The van der Waals surface area contributed by atoms with Crippen LogP contribution in [0.5, 0.6) is 5.75 Å². The lowest BCUT2D eigenvalue weighted by molar-refractivity contribution is -0.117. The van der Waals surface area contributed by atoms with Crippen LogP contribution >= 0.6 is 11.6 Å². The van der Waals surface area contributed by atoms with Crippen molar-refractivity contribution >= 4 is 23.3 Å². The fourth-order valence-electron chi connectivity index (χ4n) is 3.66. The molecule has 8 heteroatoms. The third kappa shape index (κ3) is 4.35. The number of ether oxygens (including phenoxy) is 1. The number of nitriles is 1. The molecule has 31 heavy (non-hydrogen) atoms. The van der Waals surface area contributed by atoms with Crippen molar-refractivity contribution < 1.29 is 9.53 Å². The SMILES string of the molecule is Cc1ncc(OCC2(c3ccc(Cl)cc3)CC2C(=O)Nc2ccc(C#N)cn2)c(C)n1. The van der Waals surface area contributed by atoms with Crippen LogP contribution in [0.25, 0.3) is 0 Å². The maximum absolute atomic E-state index is 13.0. The summed E-state index contributed by atoms with van der Waals surface area (Å²) in [7, 11) is 0. The van der Waals surface area contributed by atoms with Crippen molar-refractivity contribution in [1.82, 2.24) is 15.0 Å². The number of carbonyl (C=O) groups excluding carboxylic acids is 1. The van der Waals surface area contributed by atoms with E-state index in [-0.39, 0.29) is 11.8 Å². The monoisotopic (exact) mass is 433 g/mol. The molecule has 2 heterocycles. The van der Waals surface area contributed by atoms with Gasteiger partial charge in [0.25, 0.3) is 0 Å². The molecule has 2 unspecified atom stereocenters. The van der Waals surface area contributed by atoms with Crippen LogP contribution in [-0.2, 0) is 10.2 Å². The van der Waals surface area contributed by atoms with Gasteiger partial charge in [-0.05, 0) is 50.1 Å². The first-order chi connectivity index (χ1) is 14.9. The van der Waals surface area contributed by atoms with Gasteiger partial charge in [-0.2, -0.15) is 5.26 Å². The Hall–Kier alpha value is -3.50. The van der Waals surface area contributed by atoms with E-state index in [1.807, 2.05) is 44.2 Å². The molecule has 4 rings (SSSR count). The third-order valence-electron chi connectivity index (χ3n) is 5.49. The van der Waals surface area contributed by atoms with E-state index in [0.29, 0.717) is 41.0 Å². The zero-order valence-corrected chi connectivity index (χ0v) is 17.8. The number of nitrogens with one attached hydrogen (secondary N) is 1. The van der Waals surface area contributed by atoms with Gasteiger partial charge in [0.1, 0.15) is 17.7 Å². The number of aryl methyl sites for hydroxylation is 2. The van der Waals surface area contributed by atoms with Gasteiger partial charge in [-0.25, -0.2) is 15.0 Å². The first kappa shape index (κ1) is 20.8. The number of aromatic nitrogens is 3. The minimum absolute atomic E-state index is 0.146. The zero-order chi connectivity index (χ0) is 22.0. The van der Waals surface area contributed by atoms with Crippen LogP contribution in [0.3, 0.4) is 0 Å². The lowest BCUT2D eigenvalue weighted by Crippen LogP contribution is -2.27. The van der Waals surface area contributed by atoms with Crippen LogP contribution in [0.15, 0.2) is 48.8 Å². The predicted octanol–water partition coefficient (Wildman–Crippen LogP) is 3.99. The van der Waals surface area contributed by atoms with E-state index in [9.17, 15) is 4.79 Å². The smallest absolute Gasteiger partial charge is 0.229 e. The van der Waals surface area contributed by atoms with Crippen LogP contribution in [0, 0.1) is 31.1 Å². The summed E-state index contributed by atoms with van der Waals surface area (Å²) in [6, 6.07) is 12.7. The molecule has 7 nitrogen and oxygen atoms in total. The first-order valence-corrected chi connectivity index (χ1v) is 10.2. The van der Waals surface area contributed by atoms with Crippen molar-refractivity contribution in [2.45, 2.75) is 25.7 Å². The number of benzene rings is 1. The first-order valence-electron chi connectivity index (χ1n) is 9.77. The number of carbonyl (C=O) groups is 1. The minimum Gasteiger partial charge on any atom is -0.489 e. The highest BCUT2D eigenvalue weighted by atomic mass is 35.5. The number of hydrogen-bond donors (Lipinski definition) is 1. The number of hydrogen-bond acceptors (Lipinski definition) is 6. The Morgan fingerprint density at radius 2 is 2.00 bits per heavy atom. The molecule has 0 bridgehead atoms. The second-order valence-corrected chi connectivity index (χ2v) is 8.04. The predicted molar refractivity (Wildman–Crippen MR) is 116 cm³/mol. The normalized spacial score (nSPS) is 19.4. The Labute approximate surface area is 185 Å². The molecular formula is C23H20ClN5O2. The molecule has 0 radical (unpaired) electrons. The molecule has 1 aliphatic rings. The standard InChI is InChI=1S/C23H20ClN5O2/c1-14-20(12-26-15(2)28-14)31-13-23(17-4-6-18(24)7-5-17)9-19(23)22(30)29-21-8-3-16(10-25)11-27-21/h3-8,11-12,19H,9,13H2,1-2H3,(H,27,29,30). The largest absolute Gasteiger partial charge is 0.489 e. The second kappa shape index (κ2) is 8.32. The number of rotatable bonds is 6. The Morgan fingerprint density at radius 1 is 1.23 bits per heavy atom. The van der Waals surface area contributed by atoms with E-state index in [1.54, 1.807) is 18.3 Å². The van der Waals surface area contributed by atoms with E-state index >= 15 is 0 Å². The topological polar surface area (TPSA) is 101 Å². The van der Waals surface area contributed by atoms with Crippen LogP contribution < -0.4 is 10.1 Å². The molecule has 1 fully saturated rings. The third-order valence-corrected chi connectivity index (χ3v) is 5.75. The average Bonchev–Trinajstić information content (AvgIpc) is 3.50. The fraction of sp³-hybridized carbons (Fsp3) is 0.261. The Balaban J connectivity index is 1.54. The van der Waals surface area contributed by atoms with Crippen LogP contribution in [0.1, 0.15) is 29.1 Å². The summed E-state index contributed by atoms with van der Waals surface area (Å²) in [5, 5.41) is 12.4. The Kier molecular flexibility index (Phi) is 5.57. The van der Waals surface area contributed by atoms with Gasteiger partial charge in [0.15, 0.2) is 5.75 Å². The fourth-order valence-corrected chi connectivity index (χ4v) is 3.79. The molecule has 0 saturated heterocycles. The van der Waals surface area contributed by atoms with Crippen molar-refractivity contribution in [2.24, 2.45) is 5.92 Å². The maximum atomic E-state index is 13.0. The van der Waals surface area contributed by atoms with E-state index in [1.165, 1.54) is 6.20 Å². The van der Waals surface area contributed by atoms with Crippen LogP contribution in [0.4, 0.5) is 5.82 Å². The molecule has 1 amide bonds. The summed E-state index contributed by atoms with van der Waals surface area (Å²) in [6.07, 6.45) is 3.71. The summed E-state index contributed by atoms with van der Waals surface area (Å²) in [4.78, 5) is 25.7. The molecule has 2 aromatic heterocycles. The summed E-state index contributed by atoms with van der Waals surface area (Å²) >= 11 is 6.06. The van der Waals surface area contributed by atoms with E-state index in [2.05, 4.69) is 20.3 Å². The lowest BCUT2D eigenvalue weighted by Gasteiger charge is -2.19. The molecular weight excluding hydrogens is 414 g/mol. The Bertz CT molecular complexity index is 1160. The quantitative estimate of drug-likeness (QED) is 0.630. The Morgan fingerprint density at radius 3 is 2.65 bits per heavy atom. The van der Waals surface area contributed by atoms with E-state index in [0.717, 1.165) is 11.3 Å². The summed E-state index contributed by atoms with van der Waals surface area (Å²) < 4.78 is 6.07. The minimum atomic E-state index is -0.488. The molecule has 3 aromatic rings. The number of amides is 1. The second-order valence-electron chi connectivity index (χ2n) is 7.61. The molecule has 1 N–H and O–H groups in total. The van der Waals surface area contributed by atoms with Crippen molar-refractivity contribution in [3.8, 4) is 11.8 Å². The lowest BCUT2D eigenvalue weighted by atomic mass is 9.93. The van der Waals surface area contributed by atoms with Crippen molar-refractivity contribution in [1.29, 1.82) is 5.26 Å². The molecule has 0 spiro atoms. The van der Waals surface area contributed by atoms with Gasteiger partial charge in [0.05, 0.1) is 30.0 Å². The van der Waals surface area contributed by atoms with Crippen molar-refractivity contribution in [2.75, 3.05) is 11.9 Å². The zero-order valence-electron chi connectivity index (χ0n) is 17.1. The molecule has 156 valence electrons. The van der Waals surface area contributed by atoms with Gasteiger partial charge in [0.2, 0.25) is 5.91 Å². The van der Waals surface area contributed by atoms with Crippen molar-refractivity contribution in [3.05, 3.63) is 76.5 Å². The average molecular weight is 434 g/mol. The summed E-state index contributed by atoms with van der Waals surface area (Å²) in [5.74, 6) is 1.24. The van der Waals surface area contributed by atoms with Gasteiger partial charge in [-0.15, -0.1) is 0 Å².